The Balaban J connectivity index is 1.64. The number of benzene rings is 2. The fraction of sp³-hybridized carbons (Fsp3) is 0.182. The van der Waals surface area contributed by atoms with E-state index in [9.17, 15) is 4.79 Å². The molecule has 0 aliphatic rings. The zero-order valence-electron chi connectivity index (χ0n) is 18.5. The number of amides is 1. The van der Waals surface area contributed by atoms with E-state index in [2.05, 4.69) is 35.8 Å². The minimum Gasteiger partial charge on any atom is -0.497 e. The van der Waals surface area contributed by atoms with Gasteiger partial charge in [0, 0.05) is 5.56 Å². The molecule has 0 aliphatic carbocycles. The summed E-state index contributed by atoms with van der Waals surface area (Å²) in [4.78, 5) is 12.9. The highest BCUT2D eigenvalue weighted by molar-refractivity contribution is 5.98. The maximum absolute atomic E-state index is 12.9. The first kappa shape index (κ1) is 22.5. The number of rotatable bonds is 9. The third-order valence-electron chi connectivity index (χ3n) is 4.66. The van der Waals surface area contributed by atoms with Crippen molar-refractivity contribution in [3.63, 3.8) is 0 Å². The second kappa shape index (κ2) is 10.3. The molecule has 4 aromatic rings. The van der Waals surface area contributed by atoms with E-state index in [-0.39, 0.29) is 17.3 Å². The van der Waals surface area contributed by atoms with E-state index in [0.29, 0.717) is 29.4 Å². The van der Waals surface area contributed by atoms with Crippen molar-refractivity contribution < 1.29 is 18.9 Å². The van der Waals surface area contributed by atoms with E-state index in [1.807, 2.05) is 25.1 Å². The highest BCUT2D eigenvalue weighted by Crippen LogP contribution is 2.28. The van der Waals surface area contributed by atoms with Gasteiger partial charge in [-0.25, -0.2) is 10.1 Å². The van der Waals surface area contributed by atoms with Gasteiger partial charge in [0.15, 0.2) is 5.69 Å². The van der Waals surface area contributed by atoms with Gasteiger partial charge in [-0.05, 0) is 58.7 Å². The zero-order chi connectivity index (χ0) is 23.9. The first-order chi connectivity index (χ1) is 16.6. The summed E-state index contributed by atoms with van der Waals surface area (Å²) in [5.74, 6) is 0.887. The number of hydrogen-bond acceptors (Lipinski definition) is 10. The number of nitrogens with zero attached hydrogens (tertiary/aromatic N) is 6. The Kier molecular flexibility index (Phi) is 6.77. The molecule has 0 saturated carbocycles. The Morgan fingerprint density at radius 1 is 1.21 bits per heavy atom. The highest BCUT2D eigenvalue weighted by Gasteiger charge is 2.25. The average molecular weight is 462 g/mol. The molecule has 2 aromatic carbocycles. The summed E-state index contributed by atoms with van der Waals surface area (Å²) in [7, 11) is 1.57. The Morgan fingerprint density at radius 3 is 2.74 bits per heavy atom. The molecule has 34 heavy (non-hydrogen) atoms. The monoisotopic (exact) mass is 462 g/mol. The highest BCUT2D eigenvalue weighted by atomic mass is 16.6. The number of methoxy groups -OCH3 is 1. The van der Waals surface area contributed by atoms with Crippen LogP contribution in [0.1, 0.15) is 29.4 Å². The molecule has 0 fully saturated rings. The third-order valence-corrected chi connectivity index (χ3v) is 4.66. The van der Waals surface area contributed by atoms with Crippen molar-refractivity contribution in [2.75, 3.05) is 19.5 Å². The quantitative estimate of drug-likeness (QED) is 0.282. The van der Waals surface area contributed by atoms with Crippen LogP contribution in [-0.2, 0) is 0 Å². The van der Waals surface area contributed by atoms with Crippen LogP contribution in [0.5, 0.6) is 11.5 Å². The smallest absolute Gasteiger partial charge is 0.294 e. The number of carbonyl (C=O) groups is 1. The van der Waals surface area contributed by atoms with Gasteiger partial charge in [-0.1, -0.05) is 24.3 Å². The molecule has 4 rings (SSSR count). The standard InChI is InChI=1S/C22H22N8O4/c1-3-11-33-16-9-7-15(8-10-16)19-18(25-29-30(19)21-20(23)27-34-28-21)22(31)26-24-13-14-5-4-6-17(12-14)32-2/h4-10,12-13H,3,11H2,1-2H3,(H2,23,27)(H,26,31)/b24-13+. The summed E-state index contributed by atoms with van der Waals surface area (Å²) < 4.78 is 16.8. The Labute approximate surface area is 194 Å². The lowest BCUT2D eigenvalue weighted by Crippen LogP contribution is -2.19. The van der Waals surface area contributed by atoms with Crippen molar-refractivity contribution in [1.29, 1.82) is 0 Å². The van der Waals surface area contributed by atoms with Gasteiger partial charge < -0.3 is 15.2 Å². The number of ether oxygens (including phenoxy) is 2. The van der Waals surface area contributed by atoms with Crippen molar-refractivity contribution in [1.82, 2.24) is 30.7 Å². The first-order valence-electron chi connectivity index (χ1n) is 10.4. The van der Waals surface area contributed by atoms with Gasteiger partial charge in [0.2, 0.25) is 11.6 Å². The summed E-state index contributed by atoms with van der Waals surface area (Å²) in [6.45, 7) is 2.62. The van der Waals surface area contributed by atoms with E-state index in [4.69, 9.17) is 15.2 Å². The number of hydrogen-bond donors (Lipinski definition) is 2. The number of nitrogens with one attached hydrogen (secondary N) is 1. The van der Waals surface area contributed by atoms with E-state index < -0.39 is 5.91 Å². The van der Waals surface area contributed by atoms with Gasteiger partial charge in [0.1, 0.15) is 17.2 Å². The minimum atomic E-state index is -0.582. The van der Waals surface area contributed by atoms with Gasteiger partial charge in [0.05, 0.1) is 19.9 Å². The van der Waals surface area contributed by atoms with Gasteiger partial charge in [0.25, 0.3) is 5.91 Å². The molecule has 12 heteroatoms. The van der Waals surface area contributed by atoms with Crippen LogP contribution in [-0.4, -0.2) is 51.1 Å². The zero-order valence-corrected chi connectivity index (χ0v) is 18.5. The topological polar surface area (TPSA) is 156 Å². The normalized spacial score (nSPS) is 11.0. The number of anilines is 1. The molecule has 0 unspecified atom stereocenters. The average Bonchev–Trinajstić information content (AvgIpc) is 3.49. The van der Waals surface area contributed by atoms with Crippen LogP contribution in [0.15, 0.2) is 58.3 Å². The number of nitrogens with two attached hydrogens (primary N) is 1. The molecule has 2 heterocycles. The minimum absolute atomic E-state index is 0.00273. The maximum Gasteiger partial charge on any atom is 0.294 e. The van der Waals surface area contributed by atoms with Crippen molar-refractivity contribution in [3.8, 4) is 28.6 Å². The third kappa shape index (κ3) is 4.85. The van der Waals surface area contributed by atoms with Crippen molar-refractivity contribution in [3.05, 3.63) is 59.8 Å². The Hall–Kier alpha value is -4.74. The molecule has 3 N–H and O–H groups in total. The molecule has 0 bridgehead atoms. The largest absolute Gasteiger partial charge is 0.497 e. The summed E-state index contributed by atoms with van der Waals surface area (Å²) in [6.07, 6.45) is 2.38. The lowest BCUT2D eigenvalue weighted by Gasteiger charge is -2.08. The predicted octanol–water partition coefficient (Wildman–Crippen LogP) is 2.46. The van der Waals surface area contributed by atoms with Gasteiger partial charge in [-0.15, -0.1) is 5.10 Å². The number of aromatic nitrogens is 5. The Morgan fingerprint density at radius 2 is 2.03 bits per heavy atom. The maximum atomic E-state index is 12.9. The van der Waals surface area contributed by atoms with E-state index in [0.717, 1.165) is 12.0 Å². The van der Waals surface area contributed by atoms with Crippen LogP contribution in [0.25, 0.3) is 17.1 Å². The Bertz CT molecular complexity index is 1300. The molecule has 0 spiro atoms. The molecule has 174 valence electrons. The molecule has 0 radical (unpaired) electrons. The second-order valence-electron chi connectivity index (χ2n) is 7.02. The second-order valence-corrected chi connectivity index (χ2v) is 7.02. The summed E-state index contributed by atoms with van der Waals surface area (Å²) in [5.41, 5.74) is 10.0. The van der Waals surface area contributed by atoms with E-state index in [1.54, 1.807) is 37.4 Å². The first-order valence-corrected chi connectivity index (χ1v) is 10.4. The van der Waals surface area contributed by atoms with Gasteiger partial charge in [-0.2, -0.15) is 9.78 Å². The lowest BCUT2D eigenvalue weighted by molar-refractivity contribution is 0.0950. The molecule has 0 atom stereocenters. The molecule has 1 amide bonds. The summed E-state index contributed by atoms with van der Waals surface area (Å²) in [6, 6.07) is 14.4. The molecular weight excluding hydrogens is 440 g/mol. The van der Waals surface area contributed by atoms with Crippen molar-refractivity contribution in [2.45, 2.75) is 13.3 Å². The molecule has 0 aliphatic heterocycles. The van der Waals surface area contributed by atoms with E-state index >= 15 is 0 Å². The fourth-order valence-corrected chi connectivity index (χ4v) is 3.05. The molecule has 0 saturated heterocycles. The van der Waals surface area contributed by atoms with Crippen LogP contribution in [0.4, 0.5) is 5.82 Å². The van der Waals surface area contributed by atoms with Crippen LogP contribution in [0.3, 0.4) is 0 Å². The van der Waals surface area contributed by atoms with E-state index in [1.165, 1.54) is 10.9 Å². The summed E-state index contributed by atoms with van der Waals surface area (Å²) in [5, 5.41) is 19.4. The predicted molar refractivity (Wildman–Crippen MR) is 123 cm³/mol. The number of carbonyl (C=O) groups excluding carboxylic acids is 1. The van der Waals surface area contributed by atoms with Crippen LogP contribution in [0, 0.1) is 0 Å². The van der Waals surface area contributed by atoms with Crippen molar-refractivity contribution >= 4 is 17.9 Å². The molecular formula is C22H22N8O4. The number of hydrazone groups is 1. The van der Waals surface area contributed by atoms with Gasteiger partial charge in [-0.3, -0.25) is 4.79 Å². The molecule has 12 nitrogen and oxygen atoms in total. The fourth-order valence-electron chi connectivity index (χ4n) is 3.05. The lowest BCUT2D eigenvalue weighted by atomic mass is 10.1. The van der Waals surface area contributed by atoms with Crippen LogP contribution < -0.4 is 20.6 Å². The summed E-state index contributed by atoms with van der Waals surface area (Å²) >= 11 is 0. The molecule has 2 aromatic heterocycles. The van der Waals surface area contributed by atoms with Crippen LogP contribution in [0.2, 0.25) is 0 Å². The van der Waals surface area contributed by atoms with Crippen molar-refractivity contribution in [2.24, 2.45) is 5.10 Å². The van der Waals surface area contributed by atoms with Gasteiger partial charge >= 0.3 is 0 Å². The van der Waals surface area contributed by atoms with Crippen LogP contribution >= 0.6 is 0 Å². The SMILES string of the molecule is CCCOc1ccc(-c2c(C(=O)N/N=C/c3cccc(OC)c3)nnn2-c2nonc2N)cc1. The number of nitrogen functional groups attached to an aromatic ring is 1.